The number of rotatable bonds is 1. The molecule has 3 saturated carbocycles. The maximum absolute atomic E-state index is 12.8. The number of hydrogen-bond donors (Lipinski definition) is 2. The van der Waals surface area contributed by atoms with Crippen molar-refractivity contribution >= 4 is 5.97 Å². The number of carbonyl (C=O) groups is 1. The Bertz CT molecular complexity index is 942. The van der Waals surface area contributed by atoms with E-state index in [2.05, 4.69) is 54.5 Å². The predicted octanol–water partition coefficient (Wildman–Crippen LogP) is 7.15. The minimum atomic E-state index is -0.615. The molecule has 5 aliphatic rings. The second-order valence-electron chi connectivity index (χ2n) is 14.0. The summed E-state index contributed by atoms with van der Waals surface area (Å²) < 4.78 is 0. The first-order chi connectivity index (χ1) is 15.3. The minimum Gasteiger partial charge on any atom is -0.481 e. The molecule has 0 amide bonds. The molecule has 0 unspecified atom stereocenters. The second-order valence-corrected chi connectivity index (χ2v) is 14.0. The standard InChI is InChI=1S/C30H46O3/c1-18-10-15-30(25(32)33)17-16-28(6)20(24(30)19(18)2)8-9-22-27(5)13-12-23(31)26(3,4)21(27)11-14-29(22,28)7/h8,21-24,31H,9-17H2,1-7H3,(H,32,33)/t21-,22+,23-,24-,27-,28+,29+,30-/m0/s1. The Labute approximate surface area is 201 Å². The van der Waals surface area contributed by atoms with Gasteiger partial charge in [-0.05, 0) is 105 Å². The highest BCUT2D eigenvalue weighted by Crippen LogP contribution is 2.75. The Morgan fingerprint density at radius 2 is 1.64 bits per heavy atom. The molecule has 5 rings (SSSR count). The molecule has 3 nitrogen and oxygen atoms in total. The zero-order valence-electron chi connectivity index (χ0n) is 22.1. The Morgan fingerprint density at radius 3 is 2.30 bits per heavy atom. The number of aliphatic hydroxyl groups is 1. The van der Waals surface area contributed by atoms with E-state index < -0.39 is 11.4 Å². The number of hydrogen-bond acceptors (Lipinski definition) is 2. The fourth-order valence-electron chi connectivity index (χ4n) is 10.4. The van der Waals surface area contributed by atoms with Crippen LogP contribution in [0.5, 0.6) is 0 Å². The zero-order chi connectivity index (χ0) is 24.2. The van der Waals surface area contributed by atoms with E-state index in [0.29, 0.717) is 11.8 Å². The molecule has 0 aromatic carbocycles. The number of carboxylic acid groups (broad SMARTS) is 1. The molecular formula is C30H46O3. The number of carboxylic acids is 1. The molecule has 0 aliphatic heterocycles. The zero-order valence-corrected chi connectivity index (χ0v) is 22.1. The molecule has 0 radical (unpaired) electrons. The molecule has 0 spiro atoms. The summed E-state index contributed by atoms with van der Waals surface area (Å²) in [6, 6.07) is 0. The Kier molecular flexibility index (Phi) is 5.01. The molecule has 0 aromatic rings. The van der Waals surface area contributed by atoms with Crippen LogP contribution in [0, 0.1) is 44.8 Å². The van der Waals surface area contributed by atoms with Gasteiger partial charge in [-0.2, -0.15) is 0 Å². The highest BCUT2D eigenvalue weighted by Gasteiger charge is 2.68. The van der Waals surface area contributed by atoms with E-state index in [-0.39, 0.29) is 33.7 Å². The molecule has 0 saturated heterocycles. The number of aliphatic carboxylic acids is 1. The van der Waals surface area contributed by atoms with Crippen LogP contribution < -0.4 is 0 Å². The highest BCUT2D eigenvalue weighted by molar-refractivity contribution is 5.78. The molecule has 0 aromatic heterocycles. The van der Waals surface area contributed by atoms with Crippen LogP contribution in [0.4, 0.5) is 0 Å². The van der Waals surface area contributed by atoms with Crippen LogP contribution in [0.15, 0.2) is 22.8 Å². The van der Waals surface area contributed by atoms with Crippen molar-refractivity contribution in [2.24, 2.45) is 44.8 Å². The van der Waals surface area contributed by atoms with Gasteiger partial charge in [0, 0.05) is 5.92 Å². The Balaban J connectivity index is 1.64. The molecule has 8 atom stereocenters. The largest absolute Gasteiger partial charge is 0.481 e. The van der Waals surface area contributed by atoms with Gasteiger partial charge in [0.25, 0.3) is 0 Å². The maximum Gasteiger partial charge on any atom is 0.310 e. The van der Waals surface area contributed by atoms with Crippen LogP contribution >= 0.6 is 0 Å². The third-order valence-corrected chi connectivity index (χ3v) is 12.9. The summed E-state index contributed by atoms with van der Waals surface area (Å²) in [6.07, 6.45) is 11.3. The van der Waals surface area contributed by atoms with E-state index in [1.54, 1.807) is 0 Å². The fourth-order valence-corrected chi connectivity index (χ4v) is 10.4. The molecule has 33 heavy (non-hydrogen) atoms. The van der Waals surface area contributed by atoms with Crippen LogP contribution in [0.1, 0.15) is 106 Å². The summed E-state index contributed by atoms with van der Waals surface area (Å²) in [5.41, 5.74) is 4.01. The van der Waals surface area contributed by atoms with Crippen molar-refractivity contribution in [3.8, 4) is 0 Å². The Hall–Kier alpha value is -1.09. The smallest absolute Gasteiger partial charge is 0.310 e. The number of allylic oxidation sites excluding steroid dienone is 4. The molecule has 3 fully saturated rings. The quantitative estimate of drug-likeness (QED) is 0.413. The fraction of sp³-hybridized carbons (Fsp3) is 0.833. The van der Waals surface area contributed by atoms with E-state index >= 15 is 0 Å². The summed E-state index contributed by atoms with van der Waals surface area (Å²) in [7, 11) is 0. The topological polar surface area (TPSA) is 57.5 Å². The average Bonchev–Trinajstić information content (AvgIpc) is 2.74. The first-order valence-electron chi connectivity index (χ1n) is 13.5. The summed E-state index contributed by atoms with van der Waals surface area (Å²) in [6.45, 7) is 16.6. The molecular weight excluding hydrogens is 408 g/mol. The lowest BCUT2D eigenvalue weighted by Crippen LogP contribution is -2.64. The molecule has 0 bridgehead atoms. The van der Waals surface area contributed by atoms with Gasteiger partial charge in [-0.1, -0.05) is 57.4 Å². The summed E-state index contributed by atoms with van der Waals surface area (Å²) in [5, 5.41) is 21.4. The molecule has 2 N–H and O–H groups in total. The highest BCUT2D eigenvalue weighted by atomic mass is 16.4. The van der Waals surface area contributed by atoms with Crippen LogP contribution in [0.3, 0.4) is 0 Å². The van der Waals surface area contributed by atoms with Gasteiger partial charge in [0.1, 0.15) is 0 Å². The van der Waals surface area contributed by atoms with E-state index in [9.17, 15) is 15.0 Å². The maximum atomic E-state index is 12.8. The number of fused-ring (bicyclic) bond motifs is 7. The monoisotopic (exact) mass is 454 g/mol. The van der Waals surface area contributed by atoms with Gasteiger partial charge < -0.3 is 10.2 Å². The summed E-state index contributed by atoms with van der Waals surface area (Å²) in [5.74, 6) is 0.630. The van der Waals surface area contributed by atoms with E-state index in [0.717, 1.165) is 44.9 Å². The van der Waals surface area contributed by atoms with Crippen LogP contribution in [0.2, 0.25) is 0 Å². The van der Waals surface area contributed by atoms with Crippen molar-refractivity contribution in [3.63, 3.8) is 0 Å². The van der Waals surface area contributed by atoms with Crippen LogP contribution in [-0.2, 0) is 4.79 Å². The Morgan fingerprint density at radius 1 is 0.939 bits per heavy atom. The second kappa shape index (κ2) is 6.99. The van der Waals surface area contributed by atoms with E-state index in [1.165, 1.54) is 29.6 Å². The van der Waals surface area contributed by atoms with Gasteiger partial charge in [0.15, 0.2) is 0 Å². The molecule has 184 valence electrons. The van der Waals surface area contributed by atoms with Gasteiger partial charge in [-0.3, -0.25) is 4.79 Å². The normalized spacial score (nSPS) is 51.0. The van der Waals surface area contributed by atoms with Crippen molar-refractivity contribution in [2.45, 2.75) is 112 Å². The SMILES string of the molecule is CC1=C(C)[C@H]2C3=CC[C@@H]4[C@@]5(C)CC[C@H](O)C(C)(C)[C@@H]5CC[C@@]4(C)[C@]3(C)CC[C@@]2(C(=O)O)CC1. The lowest BCUT2D eigenvalue weighted by atomic mass is 9.34. The number of aliphatic hydroxyl groups excluding tert-OH is 1. The van der Waals surface area contributed by atoms with Crippen molar-refractivity contribution in [1.29, 1.82) is 0 Å². The van der Waals surface area contributed by atoms with Crippen molar-refractivity contribution in [3.05, 3.63) is 22.8 Å². The van der Waals surface area contributed by atoms with Crippen molar-refractivity contribution < 1.29 is 15.0 Å². The van der Waals surface area contributed by atoms with Gasteiger partial charge in [-0.15, -0.1) is 0 Å². The van der Waals surface area contributed by atoms with E-state index in [1.807, 2.05) is 0 Å². The summed E-state index contributed by atoms with van der Waals surface area (Å²) in [4.78, 5) is 12.8. The molecule has 0 heterocycles. The van der Waals surface area contributed by atoms with Gasteiger partial charge in [-0.25, -0.2) is 0 Å². The van der Waals surface area contributed by atoms with Gasteiger partial charge in [0.05, 0.1) is 11.5 Å². The van der Waals surface area contributed by atoms with Gasteiger partial charge in [0.2, 0.25) is 0 Å². The lowest BCUT2D eigenvalue weighted by molar-refractivity contribution is -0.202. The third-order valence-electron chi connectivity index (χ3n) is 12.9. The van der Waals surface area contributed by atoms with Gasteiger partial charge >= 0.3 is 5.97 Å². The first-order valence-corrected chi connectivity index (χ1v) is 13.5. The third kappa shape index (κ3) is 2.69. The minimum absolute atomic E-state index is 0.0376. The molecule has 5 aliphatic carbocycles. The average molecular weight is 455 g/mol. The predicted molar refractivity (Wildman–Crippen MR) is 133 cm³/mol. The molecule has 3 heteroatoms. The summed E-state index contributed by atoms with van der Waals surface area (Å²) >= 11 is 0. The van der Waals surface area contributed by atoms with Crippen LogP contribution in [-0.4, -0.2) is 22.3 Å². The van der Waals surface area contributed by atoms with Crippen molar-refractivity contribution in [1.82, 2.24) is 0 Å². The lowest BCUT2D eigenvalue weighted by Gasteiger charge is -2.70. The van der Waals surface area contributed by atoms with E-state index in [4.69, 9.17) is 0 Å². The van der Waals surface area contributed by atoms with Crippen LogP contribution in [0.25, 0.3) is 0 Å². The van der Waals surface area contributed by atoms with Crippen molar-refractivity contribution in [2.75, 3.05) is 0 Å². The first kappa shape index (κ1) is 23.6.